The van der Waals surface area contributed by atoms with Gasteiger partial charge in [-0.2, -0.15) is 0 Å². The Bertz CT molecular complexity index is 791. The quantitative estimate of drug-likeness (QED) is 0.327. The van der Waals surface area contributed by atoms with Crippen LogP contribution in [0.1, 0.15) is 27.7 Å². The molecule has 0 saturated carbocycles. The molecule has 1 aromatic carbocycles. The van der Waals surface area contributed by atoms with E-state index in [1.165, 1.54) is 24.3 Å². The third-order valence-corrected chi connectivity index (χ3v) is 4.65. The van der Waals surface area contributed by atoms with Gasteiger partial charge < -0.3 is 28.4 Å². The maximum Gasteiger partial charge on any atom is 0.343 e. The van der Waals surface area contributed by atoms with Gasteiger partial charge in [0.15, 0.2) is 24.0 Å². The summed E-state index contributed by atoms with van der Waals surface area (Å²) in [5.74, 6) is -2.39. The van der Waals surface area contributed by atoms with Crippen molar-refractivity contribution in [2.45, 2.75) is 70.0 Å². The Morgan fingerprint density at radius 1 is 0.964 bits per heavy atom. The fraction of sp³-hybridized carbons (Fsp3) is 0.611. The van der Waals surface area contributed by atoms with Crippen molar-refractivity contribution >= 4 is 11.7 Å². The molecule has 3 heterocycles. The molecule has 10 nitrogen and oxygen atoms in total. The van der Waals surface area contributed by atoms with Crippen LogP contribution in [0, 0.1) is 10.1 Å². The van der Waals surface area contributed by atoms with Crippen LogP contribution in [-0.2, 0) is 28.5 Å². The Hall–Kier alpha value is -2.11. The highest BCUT2D eigenvalue weighted by Gasteiger charge is 2.62. The smallest absolute Gasteiger partial charge is 0.343 e. The Kier molecular flexibility index (Phi) is 4.43. The van der Waals surface area contributed by atoms with Gasteiger partial charge in [-0.15, -0.1) is 0 Å². The zero-order chi connectivity index (χ0) is 20.3. The lowest BCUT2D eigenvalue weighted by Gasteiger charge is -2.35. The van der Waals surface area contributed by atoms with Crippen LogP contribution >= 0.6 is 0 Å². The van der Waals surface area contributed by atoms with Crippen molar-refractivity contribution in [1.29, 1.82) is 0 Å². The molecule has 0 amide bonds. The molecule has 1 aromatic rings. The molecule has 28 heavy (non-hydrogen) atoms. The lowest BCUT2D eigenvalue weighted by Crippen LogP contribution is -2.58. The minimum Gasteiger partial charge on any atom is -0.425 e. The van der Waals surface area contributed by atoms with Crippen LogP contribution in [0.4, 0.5) is 5.69 Å². The highest BCUT2D eigenvalue weighted by molar-refractivity contribution is 5.78. The standard InChI is InChI=1S/C18H21NO9/c1-17(2)25-11-12(26-17)14-16(28-18(3,4)27-14)24-13(11)15(20)23-10-7-5-9(6-8-10)19(21)22/h5-8,11-14,16H,1-4H3/t11-,12-,13+,14+,16-/m0/s1. The van der Waals surface area contributed by atoms with Gasteiger partial charge in [0.25, 0.3) is 5.69 Å². The number of rotatable bonds is 3. The van der Waals surface area contributed by atoms with Crippen molar-refractivity contribution in [3.63, 3.8) is 0 Å². The molecule has 3 aliphatic heterocycles. The second kappa shape index (κ2) is 6.46. The number of ether oxygens (including phenoxy) is 6. The number of nitrogens with zero attached hydrogens (tertiary/aromatic N) is 1. The topological polar surface area (TPSA) is 116 Å². The molecule has 152 valence electrons. The van der Waals surface area contributed by atoms with Crippen molar-refractivity contribution in [2.75, 3.05) is 0 Å². The van der Waals surface area contributed by atoms with E-state index in [1.807, 2.05) is 0 Å². The Labute approximate surface area is 160 Å². The normalized spacial score (nSPS) is 35.1. The Balaban J connectivity index is 1.54. The molecule has 0 radical (unpaired) electrons. The molecule has 10 heteroatoms. The van der Waals surface area contributed by atoms with Crippen LogP contribution in [0.3, 0.4) is 0 Å². The number of esters is 1. The molecular formula is C18H21NO9. The summed E-state index contributed by atoms with van der Waals surface area (Å²) < 4.78 is 34.6. The summed E-state index contributed by atoms with van der Waals surface area (Å²) in [6, 6.07) is 5.18. The molecule has 3 fully saturated rings. The summed E-state index contributed by atoms with van der Waals surface area (Å²) in [4.78, 5) is 23.0. The molecule has 0 unspecified atom stereocenters. The number of nitro benzene ring substituents is 1. The SMILES string of the molecule is CC1(C)O[C@@H]2O[C@@H](C(=O)Oc3ccc([N+](=O)[O-])cc3)[C@H]3OC(C)(C)O[C@@H]3[C@H]2O1. The monoisotopic (exact) mass is 395 g/mol. The van der Waals surface area contributed by atoms with Gasteiger partial charge in [-0.1, -0.05) is 0 Å². The predicted molar refractivity (Wildman–Crippen MR) is 91.3 cm³/mol. The molecule has 4 rings (SSSR count). The molecule has 0 aliphatic carbocycles. The minimum atomic E-state index is -1.11. The first-order valence-electron chi connectivity index (χ1n) is 8.88. The number of hydrogen-bond donors (Lipinski definition) is 0. The summed E-state index contributed by atoms with van der Waals surface area (Å²) >= 11 is 0. The van der Waals surface area contributed by atoms with Gasteiger partial charge in [-0.3, -0.25) is 10.1 Å². The fourth-order valence-electron chi connectivity index (χ4n) is 3.61. The average Bonchev–Trinajstić information content (AvgIpc) is 3.08. The van der Waals surface area contributed by atoms with Crippen LogP contribution < -0.4 is 4.74 Å². The molecule has 0 spiro atoms. The third kappa shape index (κ3) is 3.49. The minimum absolute atomic E-state index is 0.107. The van der Waals surface area contributed by atoms with E-state index in [0.717, 1.165) is 0 Å². The van der Waals surface area contributed by atoms with Crippen molar-refractivity contribution in [3.05, 3.63) is 34.4 Å². The first-order chi connectivity index (χ1) is 13.0. The number of carbonyl (C=O) groups is 1. The molecule has 3 saturated heterocycles. The zero-order valence-electron chi connectivity index (χ0n) is 15.8. The largest absolute Gasteiger partial charge is 0.425 e. The summed E-state index contributed by atoms with van der Waals surface area (Å²) in [7, 11) is 0. The van der Waals surface area contributed by atoms with Gasteiger partial charge in [0.05, 0.1) is 4.92 Å². The highest BCUT2D eigenvalue weighted by Crippen LogP contribution is 2.44. The van der Waals surface area contributed by atoms with Gasteiger partial charge in [0.2, 0.25) is 0 Å². The first-order valence-corrected chi connectivity index (χ1v) is 8.88. The number of fused-ring (bicyclic) bond motifs is 3. The zero-order valence-corrected chi connectivity index (χ0v) is 15.8. The van der Waals surface area contributed by atoms with E-state index >= 15 is 0 Å². The van der Waals surface area contributed by atoms with Crippen LogP contribution in [0.2, 0.25) is 0 Å². The lowest BCUT2D eigenvalue weighted by atomic mass is 9.99. The van der Waals surface area contributed by atoms with Crippen LogP contribution in [0.25, 0.3) is 0 Å². The number of non-ortho nitro benzene ring substituents is 1. The van der Waals surface area contributed by atoms with E-state index in [1.54, 1.807) is 27.7 Å². The third-order valence-electron chi connectivity index (χ3n) is 4.65. The maximum atomic E-state index is 12.8. The Morgan fingerprint density at radius 3 is 2.18 bits per heavy atom. The van der Waals surface area contributed by atoms with E-state index in [4.69, 9.17) is 28.4 Å². The predicted octanol–water partition coefficient (Wildman–Crippen LogP) is 1.90. The number of nitro groups is 1. The van der Waals surface area contributed by atoms with Crippen molar-refractivity contribution in [1.82, 2.24) is 0 Å². The number of carbonyl (C=O) groups excluding carboxylic acids is 1. The van der Waals surface area contributed by atoms with Crippen LogP contribution in [0.15, 0.2) is 24.3 Å². The molecule has 0 aromatic heterocycles. The first kappa shape index (κ1) is 19.2. The van der Waals surface area contributed by atoms with Crippen molar-refractivity contribution in [2.24, 2.45) is 0 Å². The molecule has 0 bridgehead atoms. The second-order valence-corrected chi connectivity index (χ2v) is 7.76. The van der Waals surface area contributed by atoms with Crippen molar-refractivity contribution < 1.29 is 38.1 Å². The van der Waals surface area contributed by atoms with E-state index in [2.05, 4.69) is 0 Å². The number of hydrogen-bond acceptors (Lipinski definition) is 9. The highest BCUT2D eigenvalue weighted by atomic mass is 16.9. The molecular weight excluding hydrogens is 374 g/mol. The van der Waals surface area contributed by atoms with E-state index < -0.39 is 53.2 Å². The van der Waals surface area contributed by atoms with Gasteiger partial charge in [-0.05, 0) is 39.8 Å². The van der Waals surface area contributed by atoms with E-state index in [9.17, 15) is 14.9 Å². The Morgan fingerprint density at radius 2 is 1.54 bits per heavy atom. The fourth-order valence-corrected chi connectivity index (χ4v) is 3.61. The summed E-state index contributed by atoms with van der Waals surface area (Å²) in [5.41, 5.74) is -0.107. The lowest BCUT2D eigenvalue weighted by molar-refractivity contribution is -0.384. The molecule has 5 atom stereocenters. The maximum absolute atomic E-state index is 12.8. The van der Waals surface area contributed by atoms with Gasteiger partial charge in [0.1, 0.15) is 24.1 Å². The van der Waals surface area contributed by atoms with Crippen molar-refractivity contribution in [3.8, 4) is 5.75 Å². The van der Waals surface area contributed by atoms with Crippen LogP contribution in [0.5, 0.6) is 5.75 Å². The second-order valence-electron chi connectivity index (χ2n) is 7.76. The molecule has 3 aliphatic rings. The summed E-state index contributed by atoms with van der Waals surface area (Å²) in [6.45, 7) is 6.96. The number of benzene rings is 1. The summed E-state index contributed by atoms with van der Waals surface area (Å²) in [6.07, 6.45) is -3.81. The van der Waals surface area contributed by atoms with Gasteiger partial charge in [-0.25, -0.2) is 4.79 Å². The summed E-state index contributed by atoms with van der Waals surface area (Å²) in [5, 5.41) is 10.7. The van der Waals surface area contributed by atoms with Gasteiger partial charge in [0, 0.05) is 12.1 Å². The van der Waals surface area contributed by atoms with E-state index in [0.29, 0.717) is 0 Å². The van der Waals surface area contributed by atoms with E-state index in [-0.39, 0.29) is 11.4 Å². The van der Waals surface area contributed by atoms with Gasteiger partial charge >= 0.3 is 5.97 Å². The van der Waals surface area contributed by atoms with Crippen LogP contribution in [-0.4, -0.2) is 53.2 Å². The average molecular weight is 395 g/mol. The molecule has 0 N–H and O–H groups in total.